The fourth-order valence-electron chi connectivity index (χ4n) is 3.80. The highest BCUT2D eigenvalue weighted by Gasteiger charge is 2.47. The predicted octanol–water partition coefficient (Wildman–Crippen LogP) is 5.65. The second-order valence-corrected chi connectivity index (χ2v) is 8.56. The fraction of sp³-hybridized carbons (Fsp3) is 0.360. The Morgan fingerprint density at radius 3 is 2.43 bits per heavy atom. The van der Waals surface area contributed by atoms with Gasteiger partial charge >= 0.3 is 0 Å². The summed E-state index contributed by atoms with van der Waals surface area (Å²) in [5, 5.41) is 20.3. The van der Waals surface area contributed by atoms with E-state index < -0.39 is 11.2 Å². The van der Waals surface area contributed by atoms with Gasteiger partial charge in [-0.25, -0.2) is 0 Å². The highest BCUT2D eigenvalue weighted by atomic mass is 16.5. The third-order valence-corrected chi connectivity index (χ3v) is 5.31. The quantitative estimate of drug-likeness (QED) is 0.711. The molecule has 30 heavy (non-hydrogen) atoms. The first-order chi connectivity index (χ1) is 14.0. The number of Topliss-reactive ketones (excluding diaryl/α,β-unsaturated/α-hetero) is 1. The lowest BCUT2D eigenvalue weighted by Crippen LogP contribution is -2.49. The van der Waals surface area contributed by atoms with Gasteiger partial charge in [0.25, 0.3) is 0 Å². The Kier molecular flexibility index (Phi) is 5.49. The summed E-state index contributed by atoms with van der Waals surface area (Å²) in [4.78, 5) is 13.2. The second kappa shape index (κ2) is 7.62. The fourth-order valence-corrected chi connectivity index (χ4v) is 3.80. The Bertz CT molecular complexity index is 1090. The minimum atomic E-state index is -1.07. The number of hydrogen-bond donors (Lipinski definition) is 1. The molecule has 1 aliphatic rings. The van der Waals surface area contributed by atoms with Crippen molar-refractivity contribution in [1.82, 2.24) is 0 Å². The molecule has 0 saturated heterocycles. The van der Waals surface area contributed by atoms with E-state index >= 15 is 0 Å². The van der Waals surface area contributed by atoms with Crippen molar-refractivity contribution >= 4 is 11.4 Å². The van der Waals surface area contributed by atoms with Crippen molar-refractivity contribution in [3.05, 3.63) is 64.4 Å². The predicted molar refractivity (Wildman–Crippen MR) is 116 cm³/mol. The molecule has 0 fully saturated rings. The number of aliphatic hydroxyl groups excluding tert-OH is 1. The minimum absolute atomic E-state index is 0.0910. The van der Waals surface area contributed by atoms with Crippen LogP contribution in [0.2, 0.25) is 0 Å². The van der Waals surface area contributed by atoms with Gasteiger partial charge in [-0.1, -0.05) is 19.1 Å². The summed E-state index contributed by atoms with van der Waals surface area (Å²) in [6, 6.07) is 13.0. The number of carbonyl (C=O) groups excluding carboxylic acids is 1. The van der Waals surface area contributed by atoms with Crippen molar-refractivity contribution < 1.29 is 19.4 Å². The summed E-state index contributed by atoms with van der Waals surface area (Å²) in [7, 11) is 0. The third kappa shape index (κ3) is 3.83. The van der Waals surface area contributed by atoms with E-state index in [4.69, 9.17) is 9.47 Å². The molecule has 0 atom stereocenters. The summed E-state index contributed by atoms with van der Waals surface area (Å²) >= 11 is 0. The van der Waals surface area contributed by atoms with Crippen molar-refractivity contribution in [3.8, 4) is 17.6 Å². The molecule has 3 rings (SSSR count). The third-order valence-electron chi connectivity index (χ3n) is 5.31. The number of hydrogen-bond acceptors (Lipinski definition) is 5. The van der Waals surface area contributed by atoms with Crippen LogP contribution in [0.3, 0.4) is 0 Å². The molecule has 0 amide bonds. The molecule has 0 unspecified atom stereocenters. The van der Waals surface area contributed by atoms with Crippen LogP contribution in [-0.2, 0) is 16.0 Å². The van der Waals surface area contributed by atoms with Crippen molar-refractivity contribution in [3.63, 3.8) is 0 Å². The summed E-state index contributed by atoms with van der Waals surface area (Å²) in [6.45, 7) is 10.8. The number of rotatable bonds is 4. The zero-order valence-corrected chi connectivity index (χ0v) is 18.3. The van der Waals surface area contributed by atoms with Gasteiger partial charge in [-0.3, -0.25) is 4.79 Å². The summed E-state index contributed by atoms with van der Waals surface area (Å²) in [5.74, 6) is 0.555. The van der Waals surface area contributed by atoms with Gasteiger partial charge in [0.15, 0.2) is 5.78 Å². The largest absolute Gasteiger partial charge is 0.508 e. The molecule has 1 aliphatic heterocycles. The molecule has 2 aromatic carbocycles. The molecule has 0 aromatic heterocycles. The van der Waals surface area contributed by atoms with E-state index in [0.29, 0.717) is 29.0 Å². The normalized spacial score (nSPS) is 17.6. The number of ketones is 1. The number of carbonyl (C=O) groups is 1. The van der Waals surface area contributed by atoms with Crippen molar-refractivity contribution in [2.24, 2.45) is 0 Å². The maximum Gasteiger partial charge on any atom is 0.198 e. The highest BCUT2D eigenvalue weighted by molar-refractivity contribution is 6.26. The zero-order chi connectivity index (χ0) is 22.3. The van der Waals surface area contributed by atoms with Gasteiger partial charge < -0.3 is 14.6 Å². The Balaban J connectivity index is 2.15. The monoisotopic (exact) mass is 405 g/mol. The van der Waals surface area contributed by atoms with Gasteiger partial charge in [-0.2, -0.15) is 5.26 Å². The Hall–Kier alpha value is -3.10. The van der Waals surface area contributed by atoms with E-state index in [9.17, 15) is 15.2 Å². The molecule has 1 N–H and O–H groups in total. The van der Waals surface area contributed by atoms with Crippen LogP contribution in [0.5, 0.6) is 11.5 Å². The van der Waals surface area contributed by atoms with E-state index in [1.165, 1.54) is 0 Å². The molecule has 0 saturated carbocycles. The van der Waals surface area contributed by atoms with Crippen LogP contribution in [0, 0.1) is 18.3 Å². The Morgan fingerprint density at radius 1 is 1.10 bits per heavy atom. The summed E-state index contributed by atoms with van der Waals surface area (Å²) in [5.41, 5.74) is 1.11. The average Bonchev–Trinajstić information content (AvgIpc) is 2.68. The molecule has 1 heterocycles. The van der Waals surface area contributed by atoms with Crippen molar-refractivity contribution in [1.29, 1.82) is 5.26 Å². The number of nitriles is 1. The van der Waals surface area contributed by atoms with Crippen LogP contribution in [-0.4, -0.2) is 22.1 Å². The first kappa shape index (κ1) is 21.6. The molecule has 0 aliphatic carbocycles. The number of ether oxygens (including phenoxy) is 2. The molecule has 0 spiro atoms. The van der Waals surface area contributed by atoms with Gasteiger partial charge in [0.05, 0.1) is 11.1 Å². The number of aryl methyl sites for hydroxylation is 2. The summed E-state index contributed by atoms with van der Waals surface area (Å²) in [6.07, 6.45) is 0.676. The van der Waals surface area contributed by atoms with Gasteiger partial charge in [-0.05, 0) is 82.0 Å². The first-order valence-corrected chi connectivity index (χ1v) is 10.0. The van der Waals surface area contributed by atoms with Crippen LogP contribution in [0.1, 0.15) is 56.9 Å². The second-order valence-electron chi connectivity index (χ2n) is 8.56. The lowest BCUT2D eigenvalue weighted by atomic mass is 9.81. The van der Waals surface area contributed by atoms with Crippen molar-refractivity contribution in [2.45, 2.75) is 59.2 Å². The molecule has 156 valence electrons. The Labute approximate surface area is 177 Å². The number of benzene rings is 2. The SMILES string of the molecule is CCc1ccc(Oc2ccc(C)cc2C#N)cc1C1=C(O)C(C)(C)OC(C)(C)C1=O. The van der Waals surface area contributed by atoms with Crippen LogP contribution >= 0.6 is 0 Å². The molecule has 5 nitrogen and oxygen atoms in total. The highest BCUT2D eigenvalue weighted by Crippen LogP contribution is 2.42. The molecule has 0 bridgehead atoms. The van der Waals surface area contributed by atoms with Gasteiger partial charge in [0.1, 0.15) is 34.5 Å². The van der Waals surface area contributed by atoms with Gasteiger partial charge in [0, 0.05) is 0 Å². The van der Waals surface area contributed by atoms with E-state index in [1.807, 2.05) is 26.0 Å². The van der Waals surface area contributed by atoms with Crippen LogP contribution in [0.15, 0.2) is 42.2 Å². The van der Waals surface area contributed by atoms with E-state index in [0.717, 1.165) is 11.1 Å². The number of aliphatic hydroxyl groups is 1. The molecule has 5 heteroatoms. The molecule has 0 radical (unpaired) electrons. The lowest BCUT2D eigenvalue weighted by Gasteiger charge is -2.40. The smallest absolute Gasteiger partial charge is 0.198 e. The first-order valence-electron chi connectivity index (χ1n) is 10.0. The summed E-state index contributed by atoms with van der Waals surface area (Å²) < 4.78 is 11.8. The van der Waals surface area contributed by atoms with Gasteiger partial charge in [0.2, 0.25) is 0 Å². The van der Waals surface area contributed by atoms with Crippen LogP contribution in [0.4, 0.5) is 0 Å². The molecule has 2 aromatic rings. The van der Waals surface area contributed by atoms with Crippen LogP contribution in [0.25, 0.3) is 5.57 Å². The topological polar surface area (TPSA) is 79.6 Å². The Morgan fingerprint density at radius 2 is 1.80 bits per heavy atom. The molecular formula is C25H27NO4. The maximum atomic E-state index is 13.2. The lowest BCUT2D eigenvalue weighted by molar-refractivity contribution is -0.158. The molecular weight excluding hydrogens is 378 g/mol. The average molecular weight is 405 g/mol. The van der Waals surface area contributed by atoms with Crippen LogP contribution < -0.4 is 4.74 Å². The maximum absolute atomic E-state index is 13.2. The van der Waals surface area contributed by atoms with Gasteiger partial charge in [-0.15, -0.1) is 0 Å². The standard InChI is InChI=1S/C25H27NO4/c1-7-16-9-10-18(29-20-11-8-15(2)12-17(20)14-26)13-19(16)21-22(27)24(3,4)30-25(5,6)23(21)28/h8-13,27H,7H2,1-6H3. The van der Waals surface area contributed by atoms with E-state index in [1.54, 1.807) is 52.0 Å². The number of nitrogens with zero attached hydrogens (tertiary/aromatic N) is 1. The van der Waals surface area contributed by atoms with Crippen molar-refractivity contribution in [2.75, 3.05) is 0 Å². The zero-order valence-electron chi connectivity index (χ0n) is 18.3. The van der Waals surface area contributed by atoms with E-state index in [2.05, 4.69) is 6.07 Å². The minimum Gasteiger partial charge on any atom is -0.508 e. The van der Waals surface area contributed by atoms with E-state index in [-0.39, 0.29) is 17.1 Å².